The fourth-order valence-electron chi connectivity index (χ4n) is 6.94. The Balaban J connectivity index is 1.62. The zero-order valence-corrected chi connectivity index (χ0v) is 24.4. The van der Waals surface area contributed by atoms with Gasteiger partial charge in [0.25, 0.3) is 5.91 Å². The number of amides is 1. The number of fused-ring (bicyclic) bond motifs is 4. The van der Waals surface area contributed by atoms with Crippen LogP contribution in [-0.2, 0) is 27.3 Å². The predicted octanol–water partition coefficient (Wildman–Crippen LogP) is 5.63. The number of likely N-dealkylation sites (N-methyl/N-ethyl adjacent to an activating group) is 1. The molecule has 218 valence electrons. The minimum atomic E-state index is -0.666. The molecule has 0 unspecified atom stereocenters. The number of esters is 1. The van der Waals surface area contributed by atoms with Gasteiger partial charge in [0.2, 0.25) is 0 Å². The summed E-state index contributed by atoms with van der Waals surface area (Å²) in [4.78, 5) is 43.1. The summed E-state index contributed by atoms with van der Waals surface area (Å²) >= 11 is 0. The van der Waals surface area contributed by atoms with E-state index in [0.29, 0.717) is 29.1 Å². The van der Waals surface area contributed by atoms with Crippen molar-refractivity contribution in [3.63, 3.8) is 0 Å². The first kappa shape index (κ1) is 27.9. The quantitative estimate of drug-likeness (QED) is 0.361. The first-order valence-corrected chi connectivity index (χ1v) is 14.8. The molecule has 42 heavy (non-hydrogen) atoms. The summed E-state index contributed by atoms with van der Waals surface area (Å²) < 4.78 is 22.0. The van der Waals surface area contributed by atoms with Gasteiger partial charge in [0, 0.05) is 24.1 Å². The second kappa shape index (κ2) is 10.9. The van der Waals surface area contributed by atoms with Gasteiger partial charge < -0.3 is 9.64 Å². The minimum Gasteiger partial charge on any atom is -0.465 e. The van der Waals surface area contributed by atoms with Crippen molar-refractivity contribution in [2.75, 3.05) is 13.7 Å². The second-order valence-corrected chi connectivity index (χ2v) is 11.7. The Hall–Kier alpha value is -4.20. The molecular formula is C34H36FN3O4. The Kier molecular flexibility index (Phi) is 7.25. The fraction of sp³-hybridized carbons (Fsp3) is 0.382. The molecule has 8 heteroatoms. The van der Waals surface area contributed by atoms with Gasteiger partial charge in [0.1, 0.15) is 12.4 Å². The van der Waals surface area contributed by atoms with E-state index in [1.165, 1.54) is 27.7 Å². The number of benzene rings is 2. The van der Waals surface area contributed by atoms with Gasteiger partial charge in [-0.2, -0.15) is 0 Å². The number of rotatable bonds is 6. The maximum atomic E-state index is 14.5. The number of allylic oxidation sites excluding steroid dienone is 1. The maximum Gasteiger partial charge on any atom is 0.334 e. The summed E-state index contributed by atoms with van der Waals surface area (Å²) in [7, 11) is 1.88. The number of carbonyl (C=O) groups is 2. The van der Waals surface area contributed by atoms with Crippen molar-refractivity contribution in [3.8, 4) is 5.69 Å². The van der Waals surface area contributed by atoms with Gasteiger partial charge in [-0.1, -0.05) is 50.5 Å². The molecule has 3 aliphatic rings. The van der Waals surface area contributed by atoms with Crippen LogP contribution in [0.3, 0.4) is 0 Å². The van der Waals surface area contributed by atoms with Gasteiger partial charge in [-0.25, -0.2) is 9.18 Å². The van der Waals surface area contributed by atoms with Crippen molar-refractivity contribution in [1.29, 1.82) is 0 Å². The second-order valence-electron chi connectivity index (χ2n) is 11.7. The van der Waals surface area contributed by atoms with Crippen molar-refractivity contribution in [3.05, 3.63) is 92.9 Å². The van der Waals surface area contributed by atoms with Gasteiger partial charge in [-0.05, 0) is 79.3 Å². The van der Waals surface area contributed by atoms with E-state index in [4.69, 9.17) is 4.74 Å². The molecule has 0 spiro atoms. The van der Waals surface area contributed by atoms with E-state index in [9.17, 15) is 18.8 Å². The molecule has 0 radical (unpaired) electrons. The molecule has 0 bridgehead atoms. The molecule has 0 saturated heterocycles. The standard InChI is InChI=1S/C34H36FN3O4/c1-4-42-31(39)21-37-29-19-28(32(40)36(3)24-11-6-5-7-12-24)34(2)20-22-10-8-9-13-26(22)27(34)18-30(29)38(33(37)41)25-16-14-23(35)15-17-25/h8-10,13-19,24H,4-7,11-12,20-21H2,1-3H3/t34-/m0/s1. The smallest absolute Gasteiger partial charge is 0.334 e. The summed E-state index contributed by atoms with van der Waals surface area (Å²) in [5.74, 6) is -1.04. The minimum absolute atomic E-state index is 0.0689. The predicted molar refractivity (Wildman–Crippen MR) is 160 cm³/mol. The number of ether oxygens (including phenoxy) is 1. The zero-order chi connectivity index (χ0) is 29.6. The van der Waals surface area contributed by atoms with Crippen LogP contribution >= 0.6 is 0 Å². The molecule has 0 aliphatic heterocycles. The van der Waals surface area contributed by atoms with E-state index < -0.39 is 22.9 Å². The van der Waals surface area contributed by atoms with Crippen LogP contribution in [0, 0.1) is 11.2 Å². The molecule has 1 heterocycles. The van der Waals surface area contributed by atoms with Gasteiger partial charge in [0.15, 0.2) is 0 Å². The number of halogens is 1. The Labute approximate surface area is 244 Å². The van der Waals surface area contributed by atoms with Crippen LogP contribution in [0.1, 0.15) is 68.5 Å². The average molecular weight is 570 g/mol. The highest BCUT2D eigenvalue weighted by atomic mass is 19.1. The molecule has 1 aromatic heterocycles. The first-order chi connectivity index (χ1) is 20.2. The summed E-state index contributed by atoms with van der Waals surface area (Å²) in [6.45, 7) is 3.68. The van der Waals surface area contributed by atoms with Crippen LogP contribution in [-0.4, -0.2) is 45.6 Å². The van der Waals surface area contributed by atoms with E-state index in [0.717, 1.165) is 42.4 Å². The molecule has 7 nitrogen and oxygen atoms in total. The summed E-state index contributed by atoms with van der Waals surface area (Å²) in [5.41, 5.74) is 4.03. The lowest BCUT2D eigenvalue weighted by Crippen LogP contribution is -2.42. The highest BCUT2D eigenvalue weighted by Gasteiger charge is 2.46. The normalized spacial score (nSPS) is 19.6. The highest BCUT2D eigenvalue weighted by molar-refractivity contribution is 6.07. The Bertz CT molecular complexity index is 1670. The third-order valence-corrected chi connectivity index (χ3v) is 9.17. The number of nitrogens with zero attached hydrogens (tertiary/aromatic N) is 3. The van der Waals surface area contributed by atoms with Gasteiger partial charge >= 0.3 is 11.7 Å². The van der Waals surface area contributed by atoms with E-state index in [-0.39, 0.29) is 25.1 Å². The largest absolute Gasteiger partial charge is 0.465 e. The van der Waals surface area contributed by atoms with E-state index in [2.05, 4.69) is 19.1 Å². The molecule has 1 fully saturated rings. The molecule has 1 atom stereocenters. The molecule has 0 N–H and O–H groups in total. The summed E-state index contributed by atoms with van der Waals surface area (Å²) in [5, 5.41) is 0. The molecule has 3 aromatic rings. The molecule has 2 aromatic carbocycles. The zero-order valence-electron chi connectivity index (χ0n) is 24.4. The Morgan fingerprint density at radius 2 is 1.74 bits per heavy atom. The van der Waals surface area contributed by atoms with E-state index >= 15 is 0 Å². The number of carbonyl (C=O) groups excluding carboxylic acids is 2. The fourth-order valence-corrected chi connectivity index (χ4v) is 6.94. The van der Waals surface area contributed by atoms with Crippen molar-refractivity contribution in [2.45, 2.75) is 65.0 Å². The summed E-state index contributed by atoms with van der Waals surface area (Å²) in [6.07, 6.45) is 9.73. The van der Waals surface area contributed by atoms with Gasteiger partial charge in [-0.15, -0.1) is 0 Å². The number of aromatic nitrogens is 2. The lowest BCUT2D eigenvalue weighted by molar-refractivity contribution is -0.143. The van der Waals surface area contributed by atoms with Crippen LogP contribution in [0.5, 0.6) is 0 Å². The maximum absolute atomic E-state index is 14.5. The number of imidazole rings is 1. The number of hydrogen-bond donors (Lipinski definition) is 0. The Morgan fingerprint density at radius 3 is 2.45 bits per heavy atom. The van der Waals surface area contributed by atoms with Crippen molar-refractivity contribution in [1.82, 2.24) is 14.0 Å². The van der Waals surface area contributed by atoms with Crippen molar-refractivity contribution >= 4 is 29.6 Å². The molecule has 6 rings (SSSR count). The SMILES string of the molecule is CCOC(=O)Cn1c2c(n(-c3ccc(F)cc3)c1=O)C=C1c3ccccc3C[C@]1(C)C(C(=O)N(C)C1CCCCC1)=C2. The van der Waals surface area contributed by atoms with Crippen molar-refractivity contribution < 1.29 is 18.7 Å². The van der Waals surface area contributed by atoms with Crippen LogP contribution in [0.2, 0.25) is 0 Å². The topological polar surface area (TPSA) is 73.5 Å². The molecular weight excluding hydrogens is 533 g/mol. The van der Waals surface area contributed by atoms with Gasteiger partial charge in [0.05, 0.1) is 23.7 Å². The van der Waals surface area contributed by atoms with E-state index in [1.807, 2.05) is 36.2 Å². The monoisotopic (exact) mass is 569 g/mol. The Morgan fingerprint density at radius 1 is 1.02 bits per heavy atom. The average Bonchev–Trinajstić information content (AvgIpc) is 3.37. The molecule has 1 saturated carbocycles. The molecule has 1 amide bonds. The van der Waals surface area contributed by atoms with Crippen LogP contribution in [0.25, 0.3) is 23.4 Å². The van der Waals surface area contributed by atoms with Crippen LogP contribution in [0.4, 0.5) is 4.39 Å². The molecule has 3 aliphatic carbocycles. The van der Waals surface area contributed by atoms with Crippen LogP contribution < -0.4 is 5.69 Å². The highest BCUT2D eigenvalue weighted by Crippen LogP contribution is 2.54. The van der Waals surface area contributed by atoms with Gasteiger partial charge in [-0.3, -0.25) is 18.7 Å². The third kappa shape index (κ3) is 4.63. The van der Waals surface area contributed by atoms with Crippen molar-refractivity contribution in [2.24, 2.45) is 5.41 Å². The lowest BCUT2D eigenvalue weighted by Gasteiger charge is -2.36. The number of hydrogen-bond acceptors (Lipinski definition) is 4. The van der Waals surface area contributed by atoms with E-state index in [1.54, 1.807) is 19.1 Å². The summed E-state index contributed by atoms with van der Waals surface area (Å²) in [6, 6.07) is 14.0. The van der Waals surface area contributed by atoms with Crippen LogP contribution in [0.15, 0.2) is 58.9 Å². The third-order valence-electron chi connectivity index (χ3n) is 9.17. The first-order valence-electron chi connectivity index (χ1n) is 14.8. The lowest BCUT2D eigenvalue weighted by atomic mass is 9.75.